The van der Waals surface area contributed by atoms with E-state index in [4.69, 9.17) is 0 Å². The van der Waals surface area contributed by atoms with Crippen LogP contribution in [0, 0.1) is 0 Å². The average molecular weight is 369 g/mol. The molecule has 0 atom stereocenters. The van der Waals surface area contributed by atoms with E-state index in [1.165, 1.54) is 0 Å². The zero-order valence-corrected chi connectivity index (χ0v) is 15.3. The van der Waals surface area contributed by atoms with Gasteiger partial charge in [-0.3, -0.25) is 4.21 Å². The Morgan fingerprint density at radius 2 is 2.00 bits per heavy atom. The van der Waals surface area contributed by atoms with Crippen molar-refractivity contribution >= 4 is 27.8 Å². The van der Waals surface area contributed by atoms with E-state index >= 15 is 0 Å². The van der Waals surface area contributed by atoms with Gasteiger partial charge in [0.25, 0.3) is 5.92 Å². The first kappa shape index (κ1) is 16.8. The number of anilines is 1. The molecule has 2 fully saturated rings. The van der Waals surface area contributed by atoms with Crippen LogP contribution in [0.5, 0.6) is 0 Å². The lowest BCUT2D eigenvalue weighted by atomic mass is 9.96. The first-order valence-electron chi connectivity index (χ1n) is 8.37. The summed E-state index contributed by atoms with van der Waals surface area (Å²) < 4.78 is 40.8. The number of alkyl halides is 2. The van der Waals surface area contributed by atoms with E-state index in [0.29, 0.717) is 34.3 Å². The topological polar surface area (TPSA) is 63.9 Å². The van der Waals surface area contributed by atoms with Gasteiger partial charge in [-0.05, 0) is 0 Å². The van der Waals surface area contributed by atoms with Crippen molar-refractivity contribution < 1.29 is 13.0 Å². The highest BCUT2D eigenvalue weighted by Crippen LogP contribution is 2.35. The van der Waals surface area contributed by atoms with Crippen molar-refractivity contribution in [3.8, 4) is 0 Å². The first-order chi connectivity index (χ1) is 11.6. The van der Waals surface area contributed by atoms with Gasteiger partial charge >= 0.3 is 0 Å². The summed E-state index contributed by atoms with van der Waals surface area (Å²) in [5.41, 5.74) is 0.873. The maximum Gasteiger partial charge on any atom is 0.266 e. The summed E-state index contributed by atoms with van der Waals surface area (Å²) in [5, 5.41) is 0. The van der Waals surface area contributed by atoms with Gasteiger partial charge in [0.2, 0.25) is 0 Å². The van der Waals surface area contributed by atoms with Crippen LogP contribution in [-0.4, -0.2) is 54.2 Å². The molecule has 2 aliphatic heterocycles. The predicted molar refractivity (Wildman–Crippen MR) is 92.7 cm³/mol. The number of fused-ring (bicyclic) bond motifs is 1. The Hall–Kier alpha value is -1.64. The second-order valence-corrected chi connectivity index (χ2v) is 9.45. The van der Waals surface area contributed by atoms with Crippen LogP contribution in [0.25, 0.3) is 11.2 Å². The third kappa shape index (κ3) is 2.92. The highest BCUT2D eigenvalue weighted by molar-refractivity contribution is 7.86. The van der Waals surface area contributed by atoms with E-state index < -0.39 is 16.7 Å². The Bertz CT molecular complexity index is 852. The molecular weight excluding hydrogens is 348 g/mol. The third-order valence-corrected chi connectivity index (χ3v) is 6.21. The largest absolute Gasteiger partial charge is 0.348 e. The van der Waals surface area contributed by atoms with Crippen LogP contribution in [0.3, 0.4) is 0 Å². The maximum absolute atomic E-state index is 13.7. The van der Waals surface area contributed by atoms with Gasteiger partial charge in [0, 0.05) is 40.7 Å². The fraction of sp³-hybridized carbons (Fsp3) is 0.688. The molecular formula is C16H21F2N5OS. The predicted octanol–water partition coefficient (Wildman–Crippen LogP) is 2.27. The maximum atomic E-state index is 13.7. The van der Waals surface area contributed by atoms with Gasteiger partial charge in [-0.15, -0.1) is 0 Å². The monoisotopic (exact) mass is 369 g/mol. The minimum atomic E-state index is -2.70. The van der Waals surface area contributed by atoms with Crippen molar-refractivity contribution in [2.45, 2.75) is 44.6 Å². The number of halogens is 2. The van der Waals surface area contributed by atoms with Crippen molar-refractivity contribution in [3.63, 3.8) is 0 Å². The van der Waals surface area contributed by atoms with Gasteiger partial charge in [-0.25, -0.2) is 23.7 Å². The molecule has 0 saturated carbocycles. The standard InChI is InChI=1S/C16H21F2N5OS/c1-15(2,3)14-20-12(22-5-4-16(17,18)8-22)11-13(21-14)23(9-19-11)10-6-25(24)7-10/h9-10H,4-8H2,1-3H3. The fourth-order valence-electron chi connectivity index (χ4n) is 3.18. The van der Waals surface area contributed by atoms with E-state index in [1.54, 1.807) is 11.2 Å². The Balaban J connectivity index is 1.85. The smallest absolute Gasteiger partial charge is 0.266 e. The molecule has 4 heterocycles. The van der Waals surface area contributed by atoms with Gasteiger partial charge < -0.3 is 9.47 Å². The van der Waals surface area contributed by atoms with Crippen LogP contribution in [0.1, 0.15) is 39.1 Å². The van der Waals surface area contributed by atoms with Crippen molar-refractivity contribution in [2.24, 2.45) is 0 Å². The molecule has 0 radical (unpaired) electrons. The molecule has 9 heteroatoms. The molecule has 4 rings (SSSR count). The molecule has 0 amide bonds. The molecule has 2 aromatic rings. The molecule has 25 heavy (non-hydrogen) atoms. The lowest BCUT2D eigenvalue weighted by Gasteiger charge is -2.27. The minimum Gasteiger partial charge on any atom is -0.348 e. The Labute approximate surface area is 147 Å². The molecule has 2 aliphatic rings. The molecule has 0 spiro atoms. The van der Waals surface area contributed by atoms with E-state index in [1.807, 2.05) is 25.3 Å². The summed E-state index contributed by atoms with van der Waals surface area (Å²) in [6.07, 6.45) is 1.50. The quantitative estimate of drug-likeness (QED) is 0.813. The van der Waals surface area contributed by atoms with Crippen LogP contribution in [-0.2, 0) is 16.2 Å². The summed E-state index contributed by atoms with van der Waals surface area (Å²) in [6.45, 7) is 5.90. The number of rotatable bonds is 2. The Kier molecular flexibility index (Phi) is 3.65. The van der Waals surface area contributed by atoms with Gasteiger partial charge in [0.05, 0.1) is 18.9 Å². The number of aromatic nitrogens is 4. The van der Waals surface area contributed by atoms with E-state index in [0.717, 1.165) is 0 Å². The summed E-state index contributed by atoms with van der Waals surface area (Å²) in [4.78, 5) is 15.3. The molecule has 0 N–H and O–H groups in total. The highest BCUT2D eigenvalue weighted by atomic mass is 32.2. The molecule has 6 nitrogen and oxygen atoms in total. The Morgan fingerprint density at radius 3 is 2.56 bits per heavy atom. The van der Waals surface area contributed by atoms with E-state index in [2.05, 4.69) is 15.0 Å². The number of hydrogen-bond acceptors (Lipinski definition) is 5. The number of imidazole rings is 1. The molecule has 0 bridgehead atoms. The first-order valence-corrected chi connectivity index (χ1v) is 9.86. The summed E-state index contributed by atoms with van der Waals surface area (Å²) in [6, 6.07) is 0.0985. The highest BCUT2D eigenvalue weighted by Gasteiger charge is 2.40. The fourth-order valence-corrected chi connectivity index (χ4v) is 4.26. The van der Waals surface area contributed by atoms with E-state index in [9.17, 15) is 13.0 Å². The molecule has 0 aliphatic carbocycles. The normalized spacial score (nSPS) is 26.2. The van der Waals surface area contributed by atoms with Crippen LogP contribution in [0.4, 0.5) is 14.6 Å². The van der Waals surface area contributed by atoms with Crippen LogP contribution in [0.2, 0.25) is 0 Å². The Morgan fingerprint density at radius 1 is 1.28 bits per heavy atom. The summed E-state index contributed by atoms with van der Waals surface area (Å²) in [5.74, 6) is -0.458. The minimum absolute atomic E-state index is 0.0985. The summed E-state index contributed by atoms with van der Waals surface area (Å²) in [7, 11) is -0.791. The van der Waals surface area contributed by atoms with Crippen molar-refractivity contribution in [3.05, 3.63) is 12.2 Å². The van der Waals surface area contributed by atoms with Crippen molar-refractivity contribution in [1.29, 1.82) is 0 Å². The second-order valence-electron chi connectivity index (χ2n) is 7.90. The van der Waals surface area contributed by atoms with Crippen LogP contribution >= 0.6 is 0 Å². The van der Waals surface area contributed by atoms with Crippen LogP contribution in [0.15, 0.2) is 6.33 Å². The molecule has 2 aromatic heterocycles. The molecule has 0 aromatic carbocycles. The lowest BCUT2D eigenvalue weighted by molar-refractivity contribution is 0.0257. The lowest BCUT2D eigenvalue weighted by Crippen LogP contribution is -2.33. The zero-order chi connectivity index (χ0) is 18.0. The molecule has 2 saturated heterocycles. The van der Waals surface area contributed by atoms with E-state index in [-0.39, 0.29) is 31.0 Å². The molecule has 136 valence electrons. The van der Waals surface area contributed by atoms with Crippen LogP contribution < -0.4 is 4.90 Å². The third-order valence-electron chi connectivity index (χ3n) is 4.69. The summed E-state index contributed by atoms with van der Waals surface area (Å²) >= 11 is 0. The van der Waals surface area contributed by atoms with Gasteiger partial charge in [-0.2, -0.15) is 0 Å². The number of nitrogens with zero attached hydrogens (tertiary/aromatic N) is 5. The van der Waals surface area contributed by atoms with Gasteiger partial charge in [0.15, 0.2) is 17.0 Å². The van der Waals surface area contributed by atoms with Gasteiger partial charge in [-0.1, -0.05) is 20.8 Å². The second kappa shape index (κ2) is 5.43. The van der Waals surface area contributed by atoms with Gasteiger partial charge in [0.1, 0.15) is 5.82 Å². The zero-order valence-electron chi connectivity index (χ0n) is 14.5. The SMILES string of the molecule is CC(C)(C)c1nc(N2CCC(F)(F)C2)c2ncn(C3CS(=O)C3)c2n1. The number of hydrogen-bond donors (Lipinski definition) is 0. The average Bonchev–Trinajstić information content (AvgIpc) is 3.05. The van der Waals surface area contributed by atoms with Crippen molar-refractivity contribution in [2.75, 3.05) is 29.5 Å². The van der Waals surface area contributed by atoms with Crippen molar-refractivity contribution in [1.82, 2.24) is 19.5 Å². The molecule has 0 unspecified atom stereocenters.